The van der Waals surface area contributed by atoms with Crippen molar-refractivity contribution in [1.82, 2.24) is 5.32 Å². The Morgan fingerprint density at radius 1 is 1.15 bits per heavy atom. The summed E-state index contributed by atoms with van der Waals surface area (Å²) >= 11 is 1.62. The molecule has 2 aromatic carbocycles. The number of para-hydroxylation sites is 1. The second-order valence-corrected chi connectivity index (χ2v) is 9.57. The lowest BCUT2D eigenvalue weighted by Gasteiger charge is -2.29. The number of fused-ring (bicyclic) bond motifs is 4. The number of rotatable bonds is 5. The van der Waals surface area contributed by atoms with Crippen molar-refractivity contribution in [1.29, 1.82) is 0 Å². The van der Waals surface area contributed by atoms with E-state index in [0.717, 1.165) is 10.7 Å². The van der Waals surface area contributed by atoms with Gasteiger partial charge in [-0.25, -0.2) is 4.90 Å². The highest BCUT2D eigenvalue weighted by molar-refractivity contribution is 7.98. The summed E-state index contributed by atoms with van der Waals surface area (Å²) in [7, 11) is 0. The molecule has 10 heteroatoms. The van der Waals surface area contributed by atoms with Crippen LogP contribution in [0.25, 0.3) is 0 Å². The molecule has 0 radical (unpaired) electrons. The summed E-state index contributed by atoms with van der Waals surface area (Å²) in [5, 5.41) is 17.6. The summed E-state index contributed by atoms with van der Waals surface area (Å²) in [5.41, 5.74) is 0.463. The van der Waals surface area contributed by atoms with Gasteiger partial charge < -0.3 is 5.32 Å². The van der Waals surface area contributed by atoms with Gasteiger partial charge in [0.2, 0.25) is 17.7 Å². The van der Waals surface area contributed by atoms with Crippen molar-refractivity contribution in [2.75, 3.05) is 22.2 Å². The number of carbonyl (C=O) groups is 3. The van der Waals surface area contributed by atoms with E-state index in [-0.39, 0.29) is 23.3 Å². The van der Waals surface area contributed by atoms with Crippen LogP contribution in [0.15, 0.2) is 42.5 Å². The number of thioether (sulfide) groups is 1. The first-order valence-electron chi connectivity index (χ1n) is 10.6. The molecular weight excluding hydrogens is 444 g/mol. The molecule has 0 saturated carbocycles. The minimum atomic E-state index is -1.36. The maximum Gasteiger partial charge on any atom is 0.271 e. The van der Waals surface area contributed by atoms with Gasteiger partial charge in [-0.1, -0.05) is 24.3 Å². The van der Waals surface area contributed by atoms with Gasteiger partial charge in [0.25, 0.3) is 5.69 Å². The van der Waals surface area contributed by atoms with Gasteiger partial charge in [0, 0.05) is 29.4 Å². The molecule has 2 saturated heterocycles. The molecule has 2 fully saturated rings. The van der Waals surface area contributed by atoms with Crippen LogP contribution in [0.2, 0.25) is 0 Å². The van der Waals surface area contributed by atoms with Gasteiger partial charge in [-0.15, -0.1) is 0 Å². The molecule has 3 aliphatic heterocycles. The van der Waals surface area contributed by atoms with Crippen molar-refractivity contribution < 1.29 is 19.3 Å². The molecule has 1 spiro atoms. The molecule has 0 aliphatic carbocycles. The van der Waals surface area contributed by atoms with Gasteiger partial charge in [0.15, 0.2) is 0 Å². The van der Waals surface area contributed by atoms with Crippen LogP contribution in [-0.4, -0.2) is 40.7 Å². The molecule has 2 aromatic rings. The largest absolute Gasteiger partial charge is 0.324 e. The number of amides is 3. The lowest BCUT2D eigenvalue weighted by molar-refractivity contribution is -0.384. The van der Waals surface area contributed by atoms with Crippen LogP contribution in [0.5, 0.6) is 0 Å². The average Bonchev–Trinajstić information content (AvgIpc) is 3.37. The van der Waals surface area contributed by atoms with Gasteiger partial charge >= 0.3 is 0 Å². The zero-order valence-corrected chi connectivity index (χ0v) is 18.8. The summed E-state index contributed by atoms with van der Waals surface area (Å²) in [6.07, 6.45) is 2.56. The van der Waals surface area contributed by atoms with Gasteiger partial charge in [-0.05, 0) is 37.0 Å². The number of imide groups is 1. The third kappa shape index (κ3) is 2.94. The van der Waals surface area contributed by atoms with Gasteiger partial charge in [0.1, 0.15) is 5.54 Å². The lowest BCUT2D eigenvalue weighted by atomic mass is 9.76. The van der Waals surface area contributed by atoms with Crippen molar-refractivity contribution in [2.45, 2.75) is 24.9 Å². The van der Waals surface area contributed by atoms with Crippen LogP contribution >= 0.6 is 11.8 Å². The molecular formula is C23H22N4O5S. The predicted molar refractivity (Wildman–Crippen MR) is 124 cm³/mol. The summed E-state index contributed by atoms with van der Waals surface area (Å²) < 4.78 is 0. The van der Waals surface area contributed by atoms with E-state index < -0.39 is 34.1 Å². The molecule has 170 valence electrons. The molecule has 3 heterocycles. The van der Waals surface area contributed by atoms with Gasteiger partial charge in [0.05, 0.1) is 22.4 Å². The van der Waals surface area contributed by atoms with E-state index in [0.29, 0.717) is 23.2 Å². The van der Waals surface area contributed by atoms with Gasteiger partial charge in [-0.2, -0.15) is 11.8 Å². The normalized spacial score (nSPS) is 27.8. The highest BCUT2D eigenvalue weighted by Gasteiger charge is 2.70. The fourth-order valence-electron chi connectivity index (χ4n) is 5.44. The molecule has 4 atom stereocenters. The molecule has 9 nitrogen and oxygen atoms in total. The van der Waals surface area contributed by atoms with Crippen LogP contribution in [0.3, 0.4) is 0 Å². The van der Waals surface area contributed by atoms with E-state index in [1.165, 1.54) is 18.2 Å². The predicted octanol–water partition coefficient (Wildman–Crippen LogP) is 2.58. The number of nitrogens with zero attached hydrogens (tertiary/aromatic N) is 2. The zero-order chi connectivity index (χ0) is 23.5. The molecule has 0 bridgehead atoms. The lowest BCUT2D eigenvalue weighted by Crippen LogP contribution is -2.53. The van der Waals surface area contributed by atoms with E-state index in [1.54, 1.807) is 43.0 Å². The average molecular weight is 467 g/mol. The minimum Gasteiger partial charge on any atom is -0.324 e. The van der Waals surface area contributed by atoms with Gasteiger partial charge in [-0.3, -0.25) is 29.8 Å². The summed E-state index contributed by atoms with van der Waals surface area (Å²) in [6, 6.07) is 10.9. The Morgan fingerprint density at radius 3 is 2.64 bits per heavy atom. The van der Waals surface area contributed by atoms with Crippen molar-refractivity contribution >= 4 is 46.5 Å². The van der Waals surface area contributed by atoms with Crippen molar-refractivity contribution in [3.63, 3.8) is 0 Å². The Bertz CT molecular complexity index is 1220. The summed E-state index contributed by atoms with van der Waals surface area (Å²) in [6.45, 7) is 1.70. The number of non-ortho nitro benzene ring substituents is 1. The number of anilines is 2. The minimum absolute atomic E-state index is 0.194. The topological polar surface area (TPSA) is 122 Å². The van der Waals surface area contributed by atoms with Crippen LogP contribution in [0, 0.1) is 28.9 Å². The molecule has 5 rings (SSSR count). The number of nitro benzene ring substituents is 1. The van der Waals surface area contributed by atoms with E-state index in [1.807, 2.05) is 6.26 Å². The summed E-state index contributed by atoms with van der Waals surface area (Å²) in [4.78, 5) is 52.8. The highest BCUT2D eigenvalue weighted by atomic mass is 32.2. The smallest absolute Gasteiger partial charge is 0.271 e. The van der Waals surface area contributed by atoms with E-state index >= 15 is 0 Å². The maximum atomic E-state index is 13.9. The van der Waals surface area contributed by atoms with E-state index in [9.17, 15) is 24.5 Å². The number of carbonyl (C=O) groups excluding carboxylic acids is 3. The standard InChI is InChI=1S/C23H22N4O5S/c1-12-7-8-13(27(31)32)11-17(12)26-20(28)18-16(9-10-33-2)25-23(19(18)21(26)29)14-5-3-4-6-15(14)24-22(23)30/h3-8,11,16,18-19,25H,9-10H2,1-2H3,(H,24,30). The molecule has 0 aromatic heterocycles. The number of hydrogen-bond acceptors (Lipinski definition) is 7. The quantitative estimate of drug-likeness (QED) is 0.395. The third-order valence-electron chi connectivity index (χ3n) is 6.90. The number of nitrogens with one attached hydrogen (secondary N) is 2. The highest BCUT2D eigenvalue weighted by Crippen LogP contribution is 2.54. The fourth-order valence-corrected chi connectivity index (χ4v) is 5.93. The Morgan fingerprint density at radius 2 is 1.91 bits per heavy atom. The molecule has 33 heavy (non-hydrogen) atoms. The van der Waals surface area contributed by atoms with Crippen LogP contribution < -0.4 is 15.5 Å². The van der Waals surface area contributed by atoms with Crippen molar-refractivity contribution in [2.24, 2.45) is 11.8 Å². The number of nitro groups is 1. The van der Waals surface area contributed by atoms with Crippen molar-refractivity contribution in [3.8, 4) is 0 Å². The molecule has 4 unspecified atom stereocenters. The molecule has 2 N–H and O–H groups in total. The van der Waals surface area contributed by atoms with E-state index in [2.05, 4.69) is 10.6 Å². The van der Waals surface area contributed by atoms with Crippen molar-refractivity contribution in [3.05, 3.63) is 63.7 Å². The van der Waals surface area contributed by atoms with E-state index in [4.69, 9.17) is 0 Å². The zero-order valence-electron chi connectivity index (χ0n) is 18.0. The second-order valence-electron chi connectivity index (χ2n) is 8.58. The Hall–Kier alpha value is -3.24. The number of benzene rings is 2. The van der Waals surface area contributed by atoms with Crippen LogP contribution in [0.1, 0.15) is 17.5 Å². The Balaban J connectivity index is 1.66. The first-order valence-corrected chi connectivity index (χ1v) is 12.0. The summed E-state index contributed by atoms with van der Waals surface area (Å²) in [5.74, 6) is -2.25. The number of aryl methyl sites for hydroxylation is 1. The maximum absolute atomic E-state index is 13.9. The second kappa shape index (κ2) is 7.67. The molecule has 3 amide bonds. The fraction of sp³-hybridized carbons (Fsp3) is 0.348. The third-order valence-corrected chi connectivity index (χ3v) is 7.54. The first kappa shape index (κ1) is 21.6. The molecule has 3 aliphatic rings. The van der Waals surface area contributed by atoms with Crippen LogP contribution in [0.4, 0.5) is 17.1 Å². The number of hydrogen-bond donors (Lipinski definition) is 2. The monoisotopic (exact) mass is 466 g/mol. The Kier molecular flexibility index (Phi) is 5.02. The Labute approximate surface area is 194 Å². The SMILES string of the molecule is CSCCC1NC2(C(=O)Nc3ccccc32)C2C(=O)N(c3cc([N+](=O)[O-])ccc3C)C(=O)C12. The van der Waals surface area contributed by atoms with Crippen LogP contribution in [-0.2, 0) is 19.9 Å². The first-order chi connectivity index (χ1) is 15.8.